The molecule has 7 nitrogen and oxygen atoms in total. The third-order valence-electron chi connectivity index (χ3n) is 4.31. The normalized spacial score (nSPS) is 17.6. The number of nitrogens with one attached hydrogen (secondary N) is 1. The molecule has 1 aromatic heterocycles. The van der Waals surface area contributed by atoms with Crippen molar-refractivity contribution in [1.82, 2.24) is 9.88 Å². The summed E-state index contributed by atoms with van der Waals surface area (Å²) in [5.74, 6) is -0.859. The number of hydrogen-bond acceptors (Lipinski definition) is 5. The van der Waals surface area contributed by atoms with Crippen LogP contribution in [-0.4, -0.2) is 47.5 Å². The van der Waals surface area contributed by atoms with Gasteiger partial charge in [0.05, 0.1) is 17.9 Å². The van der Waals surface area contributed by atoms with Gasteiger partial charge in [-0.15, -0.1) is 0 Å². The van der Waals surface area contributed by atoms with Crippen LogP contribution in [0.5, 0.6) is 0 Å². The van der Waals surface area contributed by atoms with Crippen LogP contribution in [0.15, 0.2) is 41.6 Å². The van der Waals surface area contributed by atoms with E-state index in [9.17, 15) is 9.59 Å². The monoisotopic (exact) mass is 355 g/mol. The smallest absolute Gasteiger partial charge is 0.313 e. The van der Waals surface area contributed by atoms with Crippen molar-refractivity contribution in [3.05, 3.63) is 42.1 Å². The van der Waals surface area contributed by atoms with E-state index in [1.807, 2.05) is 6.08 Å². The lowest BCUT2D eigenvalue weighted by Crippen LogP contribution is -2.48. The highest BCUT2D eigenvalue weighted by atomic mass is 16.2. The fourth-order valence-electron chi connectivity index (χ4n) is 2.89. The van der Waals surface area contributed by atoms with E-state index in [0.29, 0.717) is 18.1 Å². The summed E-state index contributed by atoms with van der Waals surface area (Å²) in [5, 5.41) is 2.60. The Bertz CT molecular complexity index is 754. The molecule has 1 aliphatic rings. The largest absolute Gasteiger partial charge is 0.383 e. The number of nitrogens with zero attached hydrogens (tertiary/aromatic N) is 3. The molecule has 0 aliphatic carbocycles. The van der Waals surface area contributed by atoms with Crippen molar-refractivity contribution in [2.45, 2.75) is 32.2 Å². The van der Waals surface area contributed by atoms with E-state index in [1.54, 1.807) is 37.2 Å². The van der Waals surface area contributed by atoms with Crippen LogP contribution in [0.3, 0.4) is 0 Å². The molecule has 138 valence electrons. The molecule has 1 saturated heterocycles. The maximum absolute atomic E-state index is 12.7. The highest BCUT2D eigenvalue weighted by Crippen LogP contribution is 2.23. The first kappa shape index (κ1) is 19.4. The van der Waals surface area contributed by atoms with Gasteiger partial charge in [0.2, 0.25) is 0 Å². The number of hydrogen-bond donors (Lipinski definition) is 2. The van der Waals surface area contributed by atoms with Gasteiger partial charge in [0.25, 0.3) is 0 Å². The van der Waals surface area contributed by atoms with Crippen molar-refractivity contribution in [1.29, 1.82) is 0 Å². The molecule has 0 radical (unpaired) electrons. The SMILES string of the molecule is C=C(/C=C\C=NC)[C@@H]1CCCCN1C(=O)C(=O)Nc1cnc(N)c(C)c1. The molecule has 0 unspecified atom stereocenters. The lowest BCUT2D eigenvalue weighted by molar-refractivity contribution is -0.145. The number of nitrogen functional groups attached to an aromatic ring is 1. The molecular weight excluding hydrogens is 330 g/mol. The van der Waals surface area contributed by atoms with Crippen LogP contribution in [0.1, 0.15) is 24.8 Å². The summed E-state index contributed by atoms with van der Waals surface area (Å²) < 4.78 is 0. The van der Waals surface area contributed by atoms with Gasteiger partial charge in [-0.2, -0.15) is 0 Å². The van der Waals surface area contributed by atoms with Crippen molar-refractivity contribution in [3.8, 4) is 0 Å². The Labute approximate surface area is 153 Å². The molecule has 0 aromatic carbocycles. The van der Waals surface area contributed by atoms with Crippen molar-refractivity contribution in [2.24, 2.45) is 4.99 Å². The summed E-state index contributed by atoms with van der Waals surface area (Å²) in [6.45, 7) is 6.37. The van der Waals surface area contributed by atoms with E-state index >= 15 is 0 Å². The third-order valence-corrected chi connectivity index (χ3v) is 4.31. The van der Waals surface area contributed by atoms with Gasteiger partial charge in [-0.3, -0.25) is 14.6 Å². The fraction of sp³-hybridized carbons (Fsp3) is 0.368. The number of aliphatic imine (C=N–C) groups is 1. The topological polar surface area (TPSA) is 101 Å². The van der Waals surface area contributed by atoms with E-state index in [0.717, 1.165) is 30.4 Å². The number of likely N-dealkylation sites (tertiary alicyclic amines) is 1. The standard InChI is InChI=1S/C19H25N5O2/c1-13(7-6-9-21-3)16-8-4-5-10-24(16)19(26)18(25)23-15-11-14(2)17(20)22-12-15/h6-7,9,11-12,16H,1,4-5,8,10H2,2-3H3,(H2,20,22)(H,23,25)/b7-6-,21-9?/t16-/m0/s1. The number of carbonyl (C=O) groups is 2. The fourth-order valence-corrected chi connectivity index (χ4v) is 2.89. The molecule has 0 spiro atoms. The van der Waals surface area contributed by atoms with Crippen LogP contribution in [0.25, 0.3) is 0 Å². The van der Waals surface area contributed by atoms with E-state index in [-0.39, 0.29) is 6.04 Å². The second-order valence-electron chi connectivity index (χ2n) is 6.23. The van der Waals surface area contributed by atoms with Gasteiger partial charge < -0.3 is 16.0 Å². The summed E-state index contributed by atoms with van der Waals surface area (Å²) in [6.07, 6.45) is 9.35. The van der Waals surface area contributed by atoms with Crippen molar-refractivity contribution < 1.29 is 9.59 Å². The number of rotatable bonds is 4. The molecule has 2 rings (SSSR count). The Hall–Kier alpha value is -2.96. The van der Waals surface area contributed by atoms with E-state index in [1.165, 1.54) is 6.20 Å². The second kappa shape index (κ2) is 8.94. The zero-order valence-electron chi connectivity index (χ0n) is 15.2. The number of piperidine rings is 1. The van der Waals surface area contributed by atoms with Crippen LogP contribution in [0.2, 0.25) is 0 Å². The maximum atomic E-state index is 12.7. The number of amides is 2. The molecule has 1 fully saturated rings. The predicted molar refractivity (Wildman–Crippen MR) is 104 cm³/mol. The number of anilines is 2. The van der Waals surface area contributed by atoms with Crippen molar-refractivity contribution in [3.63, 3.8) is 0 Å². The first-order chi connectivity index (χ1) is 12.4. The van der Waals surface area contributed by atoms with Crippen LogP contribution < -0.4 is 11.1 Å². The average Bonchev–Trinajstić information content (AvgIpc) is 2.64. The molecule has 0 bridgehead atoms. The number of pyridine rings is 1. The second-order valence-corrected chi connectivity index (χ2v) is 6.23. The van der Waals surface area contributed by atoms with E-state index in [2.05, 4.69) is 21.9 Å². The van der Waals surface area contributed by atoms with Gasteiger partial charge in [-0.1, -0.05) is 12.7 Å². The molecule has 1 aliphatic heterocycles. The number of carbonyl (C=O) groups excluding carboxylic acids is 2. The van der Waals surface area contributed by atoms with Crippen molar-refractivity contribution in [2.75, 3.05) is 24.6 Å². The summed E-state index contributed by atoms with van der Waals surface area (Å²) in [4.78, 5) is 34.5. The highest BCUT2D eigenvalue weighted by molar-refractivity contribution is 6.39. The molecule has 26 heavy (non-hydrogen) atoms. The Morgan fingerprint density at radius 1 is 1.46 bits per heavy atom. The minimum Gasteiger partial charge on any atom is -0.383 e. The van der Waals surface area contributed by atoms with Gasteiger partial charge in [0.15, 0.2) is 0 Å². The van der Waals surface area contributed by atoms with E-state index < -0.39 is 11.8 Å². The molecule has 3 N–H and O–H groups in total. The van der Waals surface area contributed by atoms with Crippen LogP contribution in [0.4, 0.5) is 11.5 Å². The summed E-state index contributed by atoms with van der Waals surface area (Å²) in [6, 6.07) is 1.50. The number of aromatic nitrogens is 1. The molecular formula is C19H25N5O2. The zero-order chi connectivity index (χ0) is 19.1. The van der Waals surface area contributed by atoms with Crippen LogP contribution in [-0.2, 0) is 9.59 Å². The Morgan fingerprint density at radius 3 is 2.92 bits per heavy atom. The van der Waals surface area contributed by atoms with Crippen LogP contribution in [0, 0.1) is 6.92 Å². The number of allylic oxidation sites excluding steroid dienone is 1. The van der Waals surface area contributed by atoms with Gasteiger partial charge in [0.1, 0.15) is 5.82 Å². The van der Waals surface area contributed by atoms with Gasteiger partial charge >= 0.3 is 11.8 Å². The minimum absolute atomic E-state index is 0.185. The zero-order valence-corrected chi connectivity index (χ0v) is 15.2. The molecule has 1 atom stereocenters. The average molecular weight is 355 g/mol. The van der Waals surface area contributed by atoms with Crippen LogP contribution >= 0.6 is 0 Å². The van der Waals surface area contributed by atoms with Gasteiger partial charge in [-0.25, -0.2) is 4.98 Å². The molecule has 7 heteroatoms. The molecule has 0 saturated carbocycles. The lowest BCUT2D eigenvalue weighted by Gasteiger charge is -2.35. The Morgan fingerprint density at radius 2 is 2.23 bits per heavy atom. The maximum Gasteiger partial charge on any atom is 0.313 e. The summed E-state index contributed by atoms with van der Waals surface area (Å²) in [7, 11) is 1.68. The summed E-state index contributed by atoms with van der Waals surface area (Å²) in [5.41, 5.74) is 7.65. The molecule has 1 aromatic rings. The first-order valence-electron chi connectivity index (χ1n) is 8.55. The van der Waals surface area contributed by atoms with Gasteiger partial charge in [-0.05, 0) is 49.5 Å². The molecule has 2 heterocycles. The summed E-state index contributed by atoms with van der Waals surface area (Å²) >= 11 is 0. The lowest BCUT2D eigenvalue weighted by atomic mass is 9.95. The van der Waals surface area contributed by atoms with E-state index in [4.69, 9.17) is 5.73 Å². The third kappa shape index (κ3) is 4.78. The molecule has 2 amide bonds. The first-order valence-corrected chi connectivity index (χ1v) is 8.55. The highest BCUT2D eigenvalue weighted by Gasteiger charge is 2.31. The quantitative estimate of drug-likeness (QED) is 0.491. The number of nitrogens with two attached hydrogens (primary N) is 1. The number of aryl methyl sites for hydroxylation is 1. The Balaban J connectivity index is 2.09. The van der Waals surface area contributed by atoms with Crippen molar-refractivity contribution >= 4 is 29.5 Å². The predicted octanol–water partition coefficient (Wildman–Crippen LogP) is 2.10. The minimum atomic E-state index is -0.685. The Kier molecular flexibility index (Phi) is 6.66. The van der Waals surface area contributed by atoms with Gasteiger partial charge in [0, 0.05) is 19.8 Å².